The van der Waals surface area contributed by atoms with Gasteiger partial charge in [0.05, 0.1) is 0 Å². The third kappa shape index (κ3) is 3.43. The first-order chi connectivity index (χ1) is 10.3. The summed E-state index contributed by atoms with van der Waals surface area (Å²) >= 11 is 0. The molecule has 1 unspecified atom stereocenters. The van der Waals surface area contributed by atoms with Gasteiger partial charge < -0.3 is 4.89 Å². The molecule has 1 aromatic carbocycles. The summed E-state index contributed by atoms with van der Waals surface area (Å²) in [4.78, 5) is 9.80. The zero-order valence-corrected chi connectivity index (χ0v) is 13.8. The van der Waals surface area contributed by atoms with Gasteiger partial charge in [0, 0.05) is 5.30 Å². The Balaban J connectivity index is 2.00. The lowest BCUT2D eigenvalue weighted by molar-refractivity contribution is 0.419. The largest absolute Gasteiger partial charge is 0.343 e. The van der Waals surface area contributed by atoms with E-state index in [0.717, 1.165) is 5.30 Å². The minimum Gasteiger partial charge on any atom is -0.343 e. The van der Waals surface area contributed by atoms with E-state index in [1.807, 2.05) is 12.1 Å². The molecule has 2 nitrogen and oxygen atoms in total. The van der Waals surface area contributed by atoms with E-state index in [0.29, 0.717) is 11.8 Å². The normalized spacial score (nSPS) is 23.1. The second-order valence-corrected chi connectivity index (χ2v) is 7.93. The van der Waals surface area contributed by atoms with Crippen LogP contribution in [0.1, 0.15) is 87.2 Å². The van der Waals surface area contributed by atoms with Gasteiger partial charge in [-0.3, -0.25) is 4.57 Å². The maximum Gasteiger partial charge on any atom is 0.218 e. The van der Waals surface area contributed by atoms with Crippen molar-refractivity contribution in [2.24, 2.45) is 0 Å². The molecule has 0 radical (unpaired) electrons. The molecule has 2 fully saturated rings. The van der Waals surface area contributed by atoms with Crippen LogP contribution in [-0.2, 0) is 4.57 Å². The van der Waals surface area contributed by atoms with Crippen molar-refractivity contribution in [2.45, 2.75) is 76.0 Å². The van der Waals surface area contributed by atoms with Crippen LogP contribution >= 0.6 is 8.03 Å². The number of rotatable bonds is 3. The lowest BCUT2D eigenvalue weighted by Gasteiger charge is -2.31. The summed E-state index contributed by atoms with van der Waals surface area (Å²) in [5.74, 6) is 1.14. The monoisotopic (exact) mass is 306 g/mol. The Morgan fingerprint density at radius 1 is 0.857 bits per heavy atom. The number of hydrogen-bond donors (Lipinski definition) is 1. The maximum atomic E-state index is 11.9. The maximum absolute atomic E-state index is 11.9. The van der Waals surface area contributed by atoms with Gasteiger partial charge >= 0.3 is 0 Å². The van der Waals surface area contributed by atoms with Gasteiger partial charge in [-0.2, -0.15) is 0 Å². The van der Waals surface area contributed by atoms with Gasteiger partial charge in [-0.05, 0) is 54.7 Å². The summed E-state index contributed by atoms with van der Waals surface area (Å²) in [5.41, 5.74) is 2.68. The molecule has 1 atom stereocenters. The second kappa shape index (κ2) is 7.11. The Bertz CT molecular complexity index is 500. The zero-order chi connectivity index (χ0) is 14.7. The minimum absolute atomic E-state index is 0.521. The molecule has 0 amide bonds. The van der Waals surface area contributed by atoms with Crippen molar-refractivity contribution >= 4 is 13.3 Å². The van der Waals surface area contributed by atoms with E-state index >= 15 is 0 Å². The predicted octanol–water partition coefficient (Wildman–Crippen LogP) is 4.87. The van der Waals surface area contributed by atoms with Gasteiger partial charge in [-0.25, -0.2) is 0 Å². The highest BCUT2D eigenvalue weighted by molar-refractivity contribution is 7.47. The van der Waals surface area contributed by atoms with Crippen LogP contribution in [0.4, 0.5) is 0 Å². The van der Waals surface area contributed by atoms with Crippen molar-refractivity contribution in [1.29, 1.82) is 0 Å². The summed E-state index contributed by atoms with van der Waals surface area (Å²) in [6, 6.07) is 6.15. The van der Waals surface area contributed by atoms with Gasteiger partial charge in [0.1, 0.15) is 0 Å². The van der Waals surface area contributed by atoms with Gasteiger partial charge in [0.15, 0.2) is 0 Å². The first kappa shape index (κ1) is 15.3. The first-order valence-electron chi connectivity index (χ1n) is 8.63. The van der Waals surface area contributed by atoms with Crippen LogP contribution in [0.3, 0.4) is 0 Å². The lowest BCUT2D eigenvalue weighted by Crippen LogP contribution is -2.19. The van der Waals surface area contributed by atoms with Crippen molar-refractivity contribution < 1.29 is 9.46 Å². The molecule has 0 saturated heterocycles. The third-order valence-corrected chi connectivity index (χ3v) is 6.33. The Labute approximate surface area is 128 Å². The van der Waals surface area contributed by atoms with Crippen LogP contribution in [-0.4, -0.2) is 4.89 Å². The van der Waals surface area contributed by atoms with Crippen molar-refractivity contribution in [3.05, 3.63) is 29.3 Å². The Morgan fingerprint density at radius 2 is 1.43 bits per heavy atom. The van der Waals surface area contributed by atoms with Gasteiger partial charge in [-0.1, -0.05) is 50.7 Å². The Hall–Kier alpha value is -0.590. The van der Waals surface area contributed by atoms with E-state index in [4.69, 9.17) is 0 Å². The SMILES string of the molecule is O=[PH](O)c1cccc(C2CCCCC2)c1C1CCCCC1. The highest BCUT2D eigenvalue weighted by Crippen LogP contribution is 2.41. The summed E-state index contributed by atoms with van der Waals surface area (Å²) in [6.45, 7) is 0. The van der Waals surface area contributed by atoms with E-state index < -0.39 is 8.03 Å². The zero-order valence-electron chi connectivity index (χ0n) is 12.8. The Kier molecular flexibility index (Phi) is 5.19. The number of hydrogen-bond acceptors (Lipinski definition) is 1. The molecule has 0 aliphatic heterocycles. The number of benzene rings is 1. The van der Waals surface area contributed by atoms with E-state index in [9.17, 15) is 9.46 Å². The molecule has 0 aromatic heterocycles. The average molecular weight is 306 g/mol. The van der Waals surface area contributed by atoms with Crippen LogP contribution < -0.4 is 5.30 Å². The molecule has 21 heavy (non-hydrogen) atoms. The molecule has 2 aliphatic carbocycles. The molecule has 2 saturated carbocycles. The fourth-order valence-electron chi connectivity index (χ4n) is 4.39. The quantitative estimate of drug-likeness (QED) is 0.809. The van der Waals surface area contributed by atoms with E-state index in [2.05, 4.69) is 6.07 Å². The lowest BCUT2D eigenvalue weighted by atomic mass is 9.76. The predicted molar refractivity (Wildman–Crippen MR) is 88.9 cm³/mol. The van der Waals surface area contributed by atoms with Gasteiger partial charge in [0.25, 0.3) is 0 Å². The minimum atomic E-state index is -2.60. The summed E-state index contributed by atoms with van der Waals surface area (Å²) in [6.07, 6.45) is 12.8. The molecule has 116 valence electrons. The van der Waals surface area contributed by atoms with Crippen molar-refractivity contribution in [3.63, 3.8) is 0 Å². The standard InChI is InChI=1S/C18H27O2P/c19-21(20)17-13-7-12-16(14-8-3-1-4-9-14)18(17)15-10-5-2-6-11-15/h7,12-15,21H,1-6,8-11H2,(H,19,20). The van der Waals surface area contributed by atoms with Crippen LogP contribution in [0.2, 0.25) is 0 Å². The molecule has 1 aromatic rings. The smallest absolute Gasteiger partial charge is 0.218 e. The van der Waals surface area contributed by atoms with E-state index in [1.54, 1.807) is 0 Å². The fraction of sp³-hybridized carbons (Fsp3) is 0.667. The second-order valence-electron chi connectivity index (χ2n) is 6.78. The first-order valence-corrected chi connectivity index (χ1v) is 9.99. The molecule has 2 aliphatic rings. The third-order valence-electron chi connectivity index (χ3n) is 5.43. The molecule has 0 heterocycles. The van der Waals surface area contributed by atoms with Gasteiger partial charge in [-0.15, -0.1) is 0 Å². The molecular formula is C18H27O2P. The van der Waals surface area contributed by atoms with Crippen molar-refractivity contribution in [2.75, 3.05) is 0 Å². The summed E-state index contributed by atoms with van der Waals surface area (Å²) in [7, 11) is -2.60. The van der Waals surface area contributed by atoms with Gasteiger partial charge in [0.2, 0.25) is 8.03 Å². The van der Waals surface area contributed by atoms with Crippen molar-refractivity contribution in [3.8, 4) is 0 Å². The fourth-order valence-corrected chi connectivity index (χ4v) is 5.20. The molecule has 0 bridgehead atoms. The molecule has 1 N–H and O–H groups in total. The van der Waals surface area contributed by atoms with E-state index in [1.165, 1.54) is 75.3 Å². The average Bonchev–Trinajstić information content (AvgIpc) is 2.55. The molecule has 0 spiro atoms. The van der Waals surface area contributed by atoms with E-state index in [-0.39, 0.29) is 0 Å². The van der Waals surface area contributed by atoms with Crippen molar-refractivity contribution in [1.82, 2.24) is 0 Å². The summed E-state index contributed by atoms with van der Waals surface area (Å²) < 4.78 is 11.9. The highest BCUT2D eigenvalue weighted by Gasteiger charge is 2.27. The molecule has 3 heteroatoms. The van der Waals surface area contributed by atoms with Crippen LogP contribution in [0, 0.1) is 0 Å². The van der Waals surface area contributed by atoms with Crippen LogP contribution in [0.5, 0.6) is 0 Å². The topological polar surface area (TPSA) is 37.3 Å². The Morgan fingerprint density at radius 3 is 2.00 bits per heavy atom. The molecular weight excluding hydrogens is 279 g/mol. The van der Waals surface area contributed by atoms with Crippen LogP contribution in [0.25, 0.3) is 0 Å². The van der Waals surface area contributed by atoms with Crippen LogP contribution in [0.15, 0.2) is 18.2 Å². The molecule has 3 rings (SSSR count). The highest BCUT2D eigenvalue weighted by atomic mass is 31.1. The summed E-state index contributed by atoms with van der Waals surface area (Å²) in [5, 5.41) is 0.759.